The summed E-state index contributed by atoms with van der Waals surface area (Å²) >= 11 is 11.9. The molecule has 0 aromatic heterocycles. The molecule has 104 valence electrons. The third-order valence-corrected chi connectivity index (χ3v) is 4.16. The molecule has 0 N–H and O–H groups in total. The first-order chi connectivity index (χ1) is 8.85. The molecular formula is C14H16Cl2O3. The van der Waals surface area contributed by atoms with E-state index in [4.69, 9.17) is 27.9 Å². The fraction of sp³-hybridized carbons (Fsp3) is 0.429. The Balaban J connectivity index is 2.43. The SMILES string of the molecule is CC(=O)C(Cl)(Cl)C(C)CCOC(=O)c1ccccc1. The van der Waals surface area contributed by atoms with Crippen LogP contribution in [0.5, 0.6) is 0 Å². The van der Waals surface area contributed by atoms with E-state index in [2.05, 4.69) is 0 Å². The van der Waals surface area contributed by atoms with Crippen molar-refractivity contribution in [3.8, 4) is 0 Å². The Morgan fingerprint density at radius 1 is 1.26 bits per heavy atom. The van der Waals surface area contributed by atoms with Gasteiger partial charge in [0.25, 0.3) is 0 Å². The number of carbonyl (C=O) groups excluding carboxylic acids is 2. The van der Waals surface area contributed by atoms with Crippen LogP contribution in [0.15, 0.2) is 30.3 Å². The Bertz CT molecular complexity index is 443. The fourth-order valence-electron chi connectivity index (χ4n) is 1.51. The van der Waals surface area contributed by atoms with E-state index >= 15 is 0 Å². The summed E-state index contributed by atoms with van der Waals surface area (Å²) in [4.78, 5) is 22.9. The van der Waals surface area contributed by atoms with Crippen molar-refractivity contribution < 1.29 is 14.3 Å². The van der Waals surface area contributed by atoms with Crippen molar-refractivity contribution in [2.45, 2.75) is 24.6 Å². The maximum Gasteiger partial charge on any atom is 0.338 e. The van der Waals surface area contributed by atoms with Crippen molar-refractivity contribution in [1.29, 1.82) is 0 Å². The predicted octanol–water partition coefficient (Wildman–Crippen LogP) is 3.63. The summed E-state index contributed by atoms with van der Waals surface area (Å²) in [6, 6.07) is 8.69. The molecule has 0 aliphatic rings. The van der Waals surface area contributed by atoms with Crippen molar-refractivity contribution in [3.63, 3.8) is 0 Å². The minimum absolute atomic E-state index is 0.170. The summed E-state index contributed by atoms with van der Waals surface area (Å²) in [5.74, 6) is -1.00. The molecule has 1 atom stereocenters. The largest absolute Gasteiger partial charge is 0.462 e. The number of benzene rings is 1. The number of halogens is 2. The second-order valence-corrected chi connectivity index (χ2v) is 5.76. The highest BCUT2D eigenvalue weighted by Gasteiger charge is 2.36. The third kappa shape index (κ3) is 4.51. The van der Waals surface area contributed by atoms with Gasteiger partial charge < -0.3 is 4.74 Å². The molecule has 0 saturated heterocycles. The van der Waals surface area contributed by atoms with Crippen molar-refractivity contribution in [2.24, 2.45) is 5.92 Å². The summed E-state index contributed by atoms with van der Waals surface area (Å²) in [6.45, 7) is 3.26. The third-order valence-electron chi connectivity index (χ3n) is 2.88. The molecule has 0 amide bonds. The number of rotatable bonds is 6. The maximum atomic E-state index is 11.7. The molecule has 0 heterocycles. The van der Waals surface area contributed by atoms with E-state index in [9.17, 15) is 9.59 Å². The first-order valence-corrected chi connectivity index (χ1v) is 6.72. The van der Waals surface area contributed by atoms with Gasteiger partial charge in [-0.25, -0.2) is 4.79 Å². The zero-order chi connectivity index (χ0) is 14.5. The van der Waals surface area contributed by atoms with E-state index in [1.807, 2.05) is 6.07 Å². The van der Waals surface area contributed by atoms with Crippen molar-refractivity contribution >= 4 is 35.0 Å². The van der Waals surface area contributed by atoms with Gasteiger partial charge in [-0.15, -0.1) is 0 Å². The van der Waals surface area contributed by atoms with Gasteiger partial charge in [0.15, 0.2) is 10.1 Å². The molecule has 0 aliphatic heterocycles. The van der Waals surface area contributed by atoms with Gasteiger partial charge >= 0.3 is 5.97 Å². The zero-order valence-corrected chi connectivity index (χ0v) is 12.4. The van der Waals surface area contributed by atoms with Gasteiger partial charge in [0.2, 0.25) is 0 Å². The highest BCUT2D eigenvalue weighted by Crippen LogP contribution is 2.33. The second kappa shape index (κ2) is 6.92. The number of hydrogen-bond acceptors (Lipinski definition) is 3. The first kappa shape index (κ1) is 16.0. The average molecular weight is 303 g/mol. The number of hydrogen-bond donors (Lipinski definition) is 0. The Kier molecular flexibility index (Phi) is 5.83. The molecule has 5 heteroatoms. The van der Waals surface area contributed by atoms with Crippen LogP contribution >= 0.6 is 23.2 Å². The quantitative estimate of drug-likeness (QED) is 0.595. The molecule has 19 heavy (non-hydrogen) atoms. The summed E-state index contributed by atoms with van der Waals surface area (Å²) < 4.78 is 3.67. The number of ether oxygens (including phenoxy) is 1. The number of alkyl halides is 2. The van der Waals surface area contributed by atoms with Gasteiger partial charge in [-0.2, -0.15) is 0 Å². The molecule has 0 spiro atoms. The molecule has 0 radical (unpaired) electrons. The Labute approximate surface area is 122 Å². The number of Topliss-reactive ketones (excluding diaryl/α,β-unsaturated/α-hetero) is 1. The lowest BCUT2D eigenvalue weighted by Gasteiger charge is -2.23. The van der Waals surface area contributed by atoms with Gasteiger partial charge in [-0.3, -0.25) is 4.79 Å². The van der Waals surface area contributed by atoms with E-state index in [1.165, 1.54) is 6.92 Å². The lowest BCUT2D eigenvalue weighted by atomic mass is 10.0. The summed E-state index contributed by atoms with van der Waals surface area (Å²) in [5.41, 5.74) is 0.490. The highest BCUT2D eigenvalue weighted by molar-refractivity contribution is 6.58. The number of carbonyl (C=O) groups is 2. The molecule has 0 bridgehead atoms. The molecule has 1 aromatic rings. The van der Waals surface area contributed by atoms with E-state index in [0.29, 0.717) is 12.0 Å². The molecular weight excluding hydrogens is 287 g/mol. The van der Waals surface area contributed by atoms with Crippen LogP contribution in [-0.4, -0.2) is 22.7 Å². The van der Waals surface area contributed by atoms with Crippen LogP contribution < -0.4 is 0 Å². The second-order valence-electron chi connectivity index (χ2n) is 4.37. The molecule has 0 saturated carbocycles. The molecule has 3 nitrogen and oxygen atoms in total. The van der Waals surface area contributed by atoms with Crippen LogP contribution in [0.25, 0.3) is 0 Å². The lowest BCUT2D eigenvalue weighted by molar-refractivity contribution is -0.118. The van der Waals surface area contributed by atoms with Crippen LogP contribution in [-0.2, 0) is 9.53 Å². The molecule has 0 aliphatic carbocycles. The standard InChI is InChI=1S/C14H16Cl2O3/c1-10(14(15,16)11(2)17)8-9-19-13(18)12-6-4-3-5-7-12/h3-7,10H,8-9H2,1-2H3. The van der Waals surface area contributed by atoms with Gasteiger partial charge in [0, 0.05) is 0 Å². The van der Waals surface area contributed by atoms with Crippen LogP contribution in [0.1, 0.15) is 30.6 Å². The van der Waals surface area contributed by atoms with E-state index in [1.54, 1.807) is 31.2 Å². The smallest absolute Gasteiger partial charge is 0.338 e. The first-order valence-electron chi connectivity index (χ1n) is 5.96. The van der Waals surface area contributed by atoms with E-state index in [-0.39, 0.29) is 18.3 Å². The van der Waals surface area contributed by atoms with Gasteiger partial charge in [-0.05, 0) is 31.4 Å². The summed E-state index contributed by atoms with van der Waals surface area (Å²) in [6.07, 6.45) is 0.422. The van der Waals surface area contributed by atoms with Gasteiger partial charge in [-0.1, -0.05) is 48.3 Å². The van der Waals surface area contributed by atoms with Crippen LogP contribution in [0.4, 0.5) is 0 Å². The molecule has 1 rings (SSSR count). The summed E-state index contributed by atoms with van der Waals surface area (Å²) in [5, 5.41) is 0. The van der Waals surface area contributed by atoms with Crippen LogP contribution in [0, 0.1) is 5.92 Å². The van der Waals surface area contributed by atoms with E-state index < -0.39 is 10.3 Å². The summed E-state index contributed by atoms with van der Waals surface area (Å²) in [7, 11) is 0. The maximum absolute atomic E-state index is 11.7. The van der Waals surface area contributed by atoms with Crippen LogP contribution in [0.2, 0.25) is 0 Å². The minimum Gasteiger partial charge on any atom is -0.462 e. The van der Waals surface area contributed by atoms with Gasteiger partial charge in [0.05, 0.1) is 12.2 Å². The minimum atomic E-state index is -1.43. The monoisotopic (exact) mass is 302 g/mol. The van der Waals surface area contributed by atoms with Crippen molar-refractivity contribution in [1.82, 2.24) is 0 Å². The van der Waals surface area contributed by atoms with Crippen LogP contribution in [0.3, 0.4) is 0 Å². The average Bonchev–Trinajstić information content (AvgIpc) is 2.39. The number of esters is 1. The molecule has 0 fully saturated rings. The Morgan fingerprint density at radius 2 is 1.84 bits per heavy atom. The molecule has 1 unspecified atom stereocenters. The van der Waals surface area contributed by atoms with Crippen molar-refractivity contribution in [3.05, 3.63) is 35.9 Å². The fourth-order valence-corrected chi connectivity index (χ4v) is 1.73. The Morgan fingerprint density at radius 3 is 2.37 bits per heavy atom. The number of ketones is 1. The lowest BCUT2D eigenvalue weighted by Crippen LogP contribution is -2.32. The van der Waals surface area contributed by atoms with Crippen molar-refractivity contribution in [2.75, 3.05) is 6.61 Å². The van der Waals surface area contributed by atoms with E-state index in [0.717, 1.165) is 0 Å². The molecule has 1 aromatic carbocycles. The topological polar surface area (TPSA) is 43.4 Å². The van der Waals surface area contributed by atoms with Gasteiger partial charge in [0.1, 0.15) is 0 Å². The predicted molar refractivity (Wildman–Crippen MR) is 75.6 cm³/mol. The highest BCUT2D eigenvalue weighted by atomic mass is 35.5. The zero-order valence-electron chi connectivity index (χ0n) is 10.9. The normalized spacial score (nSPS) is 12.8. The Hall–Kier alpha value is -1.06.